The van der Waals surface area contributed by atoms with Crippen LogP contribution < -0.4 is 11.3 Å². The van der Waals surface area contributed by atoms with Gasteiger partial charge in [0, 0.05) is 0 Å². The van der Waals surface area contributed by atoms with Crippen LogP contribution in [-0.4, -0.2) is 5.54 Å². The molecule has 13 heavy (non-hydrogen) atoms. The lowest BCUT2D eigenvalue weighted by Crippen LogP contribution is -2.46. The standard InChI is InChI=1S/C11H14N2/c1-8-10-6-4-3-5-9(10)7-11(8,2)13-12/h3-6,13H,1,7,12H2,2H3/t11-/m0/s1. The highest BCUT2D eigenvalue weighted by Crippen LogP contribution is 2.37. The predicted octanol–water partition coefficient (Wildman–Crippen LogP) is 1.48. The molecule has 2 rings (SSSR count). The van der Waals surface area contributed by atoms with Crippen LogP contribution >= 0.6 is 0 Å². The third-order valence-corrected chi connectivity index (χ3v) is 2.87. The molecule has 0 bridgehead atoms. The van der Waals surface area contributed by atoms with Crippen molar-refractivity contribution in [3.63, 3.8) is 0 Å². The summed E-state index contributed by atoms with van der Waals surface area (Å²) in [4.78, 5) is 0. The molecular weight excluding hydrogens is 160 g/mol. The van der Waals surface area contributed by atoms with E-state index in [-0.39, 0.29) is 5.54 Å². The van der Waals surface area contributed by atoms with Crippen LogP contribution in [0.1, 0.15) is 18.1 Å². The zero-order chi connectivity index (χ0) is 9.47. The van der Waals surface area contributed by atoms with Crippen LogP contribution in [0.25, 0.3) is 5.57 Å². The lowest BCUT2D eigenvalue weighted by atomic mass is 9.95. The summed E-state index contributed by atoms with van der Waals surface area (Å²) in [6.07, 6.45) is 0.929. The van der Waals surface area contributed by atoms with Crippen LogP contribution in [0.4, 0.5) is 0 Å². The first kappa shape index (κ1) is 8.48. The van der Waals surface area contributed by atoms with Gasteiger partial charge in [-0.2, -0.15) is 0 Å². The molecule has 3 N–H and O–H groups in total. The molecule has 0 aliphatic heterocycles. The van der Waals surface area contributed by atoms with Crippen molar-refractivity contribution in [2.75, 3.05) is 0 Å². The minimum absolute atomic E-state index is 0.163. The zero-order valence-electron chi connectivity index (χ0n) is 7.80. The Labute approximate surface area is 78.4 Å². The first-order chi connectivity index (χ1) is 6.17. The van der Waals surface area contributed by atoms with Crippen molar-refractivity contribution in [2.24, 2.45) is 5.84 Å². The molecule has 0 saturated carbocycles. The Morgan fingerprint density at radius 1 is 1.46 bits per heavy atom. The van der Waals surface area contributed by atoms with Crippen LogP contribution in [0.15, 0.2) is 30.8 Å². The van der Waals surface area contributed by atoms with Gasteiger partial charge in [-0.25, -0.2) is 5.43 Å². The maximum absolute atomic E-state index is 5.53. The second-order valence-electron chi connectivity index (χ2n) is 3.79. The van der Waals surface area contributed by atoms with E-state index >= 15 is 0 Å². The van der Waals surface area contributed by atoms with Gasteiger partial charge in [0.1, 0.15) is 0 Å². The molecule has 0 heterocycles. The fourth-order valence-electron chi connectivity index (χ4n) is 1.89. The van der Waals surface area contributed by atoms with Crippen LogP contribution in [0, 0.1) is 0 Å². The lowest BCUT2D eigenvalue weighted by molar-refractivity contribution is 0.477. The van der Waals surface area contributed by atoms with Crippen molar-refractivity contribution in [3.8, 4) is 0 Å². The molecule has 0 saturated heterocycles. The van der Waals surface area contributed by atoms with E-state index in [2.05, 4.69) is 31.1 Å². The molecule has 1 aromatic carbocycles. The van der Waals surface area contributed by atoms with Crippen molar-refractivity contribution in [3.05, 3.63) is 42.0 Å². The second kappa shape index (κ2) is 2.69. The van der Waals surface area contributed by atoms with E-state index in [0.29, 0.717) is 0 Å². The molecule has 2 heteroatoms. The average Bonchev–Trinajstić information content (AvgIpc) is 2.41. The first-order valence-electron chi connectivity index (χ1n) is 4.43. The van der Waals surface area contributed by atoms with Crippen molar-refractivity contribution in [2.45, 2.75) is 18.9 Å². The molecular formula is C11H14N2. The summed E-state index contributed by atoms with van der Waals surface area (Å²) >= 11 is 0. The smallest absolute Gasteiger partial charge is 0.0582 e. The second-order valence-corrected chi connectivity index (χ2v) is 3.79. The number of fused-ring (bicyclic) bond motifs is 1. The first-order valence-corrected chi connectivity index (χ1v) is 4.43. The molecule has 0 aromatic heterocycles. The number of hydrogen-bond donors (Lipinski definition) is 2. The maximum Gasteiger partial charge on any atom is 0.0582 e. The molecule has 0 spiro atoms. The molecule has 0 unspecified atom stereocenters. The number of nitrogens with two attached hydrogens (primary N) is 1. The van der Waals surface area contributed by atoms with Gasteiger partial charge in [-0.05, 0) is 30.0 Å². The van der Waals surface area contributed by atoms with Gasteiger partial charge in [0.2, 0.25) is 0 Å². The third-order valence-electron chi connectivity index (χ3n) is 2.87. The summed E-state index contributed by atoms with van der Waals surface area (Å²) < 4.78 is 0. The average molecular weight is 174 g/mol. The van der Waals surface area contributed by atoms with Crippen molar-refractivity contribution in [1.82, 2.24) is 5.43 Å². The van der Waals surface area contributed by atoms with E-state index in [0.717, 1.165) is 12.0 Å². The third kappa shape index (κ3) is 1.10. The van der Waals surface area contributed by atoms with Gasteiger partial charge in [-0.3, -0.25) is 5.84 Å². The molecule has 0 fully saturated rings. The Kier molecular flexibility index (Phi) is 1.75. The summed E-state index contributed by atoms with van der Waals surface area (Å²) in [5.74, 6) is 5.53. The maximum atomic E-state index is 5.53. The molecule has 0 radical (unpaired) electrons. The highest BCUT2D eigenvalue weighted by molar-refractivity contribution is 5.78. The van der Waals surface area contributed by atoms with E-state index in [4.69, 9.17) is 5.84 Å². The summed E-state index contributed by atoms with van der Waals surface area (Å²) in [7, 11) is 0. The summed E-state index contributed by atoms with van der Waals surface area (Å²) in [6.45, 7) is 6.16. The summed E-state index contributed by atoms with van der Waals surface area (Å²) in [6, 6.07) is 8.31. The van der Waals surface area contributed by atoms with E-state index < -0.39 is 0 Å². The van der Waals surface area contributed by atoms with Gasteiger partial charge >= 0.3 is 0 Å². The fourth-order valence-corrected chi connectivity index (χ4v) is 1.89. The molecule has 1 aliphatic carbocycles. The Morgan fingerprint density at radius 3 is 2.77 bits per heavy atom. The van der Waals surface area contributed by atoms with Gasteiger partial charge in [-0.15, -0.1) is 0 Å². The fraction of sp³-hybridized carbons (Fsp3) is 0.273. The summed E-state index contributed by atoms with van der Waals surface area (Å²) in [5, 5.41) is 0. The summed E-state index contributed by atoms with van der Waals surface area (Å²) in [5.41, 5.74) is 6.33. The van der Waals surface area contributed by atoms with Crippen LogP contribution in [-0.2, 0) is 6.42 Å². The van der Waals surface area contributed by atoms with E-state index in [1.54, 1.807) is 0 Å². The minimum Gasteiger partial charge on any atom is -0.271 e. The normalized spacial score (nSPS) is 26.2. The number of benzene rings is 1. The van der Waals surface area contributed by atoms with E-state index in [1.165, 1.54) is 11.1 Å². The predicted molar refractivity (Wildman–Crippen MR) is 54.9 cm³/mol. The topological polar surface area (TPSA) is 38.0 Å². The zero-order valence-corrected chi connectivity index (χ0v) is 7.80. The van der Waals surface area contributed by atoms with Gasteiger partial charge in [0.25, 0.3) is 0 Å². The van der Waals surface area contributed by atoms with Crippen LogP contribution in [0.3, 0.4) is 0 Å². The van der Waals surface area contributed by atoms with Gasteiger partial charge in [0.15, 0.2) is 0 Å². The molecule has 68 valence electrons. The highest BCUT2D eigenvalue weighted by atomic mass is 15.3. The largest absolute Gasteiger partial charge is 0.271 e. The van der Waals surface area contributed by atoms with Gasteiger partial charge < -0.3 is 0 Å². The van der Waals surface area contributed by atoms with Gasteiger partial charge in [0.05, 0.1) is 5.54 Å². The highest BCUT2D eigenvalue weighted by Gasteiger charge is 2.34. The van der Waals surface area contributed by atoms with Crippen molar-refractivity contribution in [1.29, 1.82) is 0 Å². The molecule has 1 aromatic rings. The van der Waals surface area contributed by atoms with Gasteiger partial charge in [-0.1, -0.05) is 30.8 Å². The van der Waals surface area contributed by atoms with Crippen LogP contribution in [0.2, 0.25) is 0 Å². The number of hydrogen-bond acceptors (Lipinski definition) is 2. The molecule has 1 aliphatic rings. The SMILES string of the molecule is C=C1c2ccccc2C[C@]1(C)NN. The molecule has 1 atom stereocenters. The Bertz CT molecular complexity index is 357. The number of nitrogens with one attached hydrogen (secondary N) is 1. The number of rotatable bonds is 1. The monoisotopic (exact) mass is 174 g/mol. The number of hydrazine groups is 1. The van der Waals surface area contributed by atoms with Crippen LogP contribution in [0.5, 0.6) is 0 Å². The Balaban J connectivity index is 2.50. The molecule has 2 nitrogen and oxygen atoms in total. The molecule has 0 amide bonds. The van der Waals surface area contributed by atoms with E-state index in [9.17, 15) is 0 Å². The van der Waals surface area contributed by atoms with E-state index in [1.807, 2.05) is 12.1 Å². The quantitative estimate of drug-likeness (QED) is 0.500. The Hall–Kier alpha value is -1.12. The minimum atomic E-state index is -0.163. The van der Waals surface area contributed by atoms with Crippen molar-refractivity contribution < 1.29 is 0 Å². The lowest BCUT2D eigenvalue weighted by Gasteiger charge is -2.24. The van der Waals surface area contributed by atoms with Crippen molar-refractivity contribution >= 4 is 5.57 Å². The Morgan fingerprint density at radius 2 is 2.15 bits per heavy atom.